The lowest BCUT2D eigenvalue weighted by Crippen LogP contribution is -2.27. The smallest absolute Gasteiger partial charge is 0.317 e. The van der Waals surface area contributed by atoms with Crippen molar-refractivity contribution in [3.63, 3.8) is 0 Å². The van der Waals surface area contributed by atoms with Gasteiger partial charge in [0.25, 0.3) is 0 Å². The van der Waals surface area contributed by atoms with Crippen LogP contribution in [0.3, 0.4) is 0 Å². The van der Waals surface area contributed by atoms with Crippen molar-refractivity contribution in [3.8, 4) is 0 Å². The van der Waals surface area contributed by atoms with E-state index in [2.05, 4.69) is 12.2 Å². The van der Waals surface area contributed by atoms with E-state index in [4.69, 9.17) is 5.11 Å². The fourth-order valence-electron chi connectivity index (χ4n) is 1.69. The van der Waals surface area contributed by atoms with Crippen LogP contribution in [0.5, 0.6) is 0 Å². The minimum absolute atomic E-state index is 0.0171. The molecule has 0 radical (unpaired) electrons. The predicted octanol–water partition coefficient (Wildman–Crippen LogP) is 2.59. The van der Waals surface area contributed by atoms with Crippen molar-refractivity contribution in [1.29, 1.82) is 0 Å². The maximum Gasteiger partial charge on any atom is 0.317 e. The molecule has 0 heterocycles. The van der Waals surface area contributed by atoms with E-state index in [1.54, 1.807) is 0 Å². The monoisotopic (exact) mass is 221 g/mol. The highest BCUT2D eigenvalue weighted by Gasteiger charge is 2.11. The second-order valence-electron chi connectivity index (χ2n) is 3.88. The van der Waals surface area contributed by atoms with Crippen molar-refractivity contribution in [1.82, 2.24) is 5.32 Å². The van der Waals surface area contributed by atoms with Crippen LogP contribution in [0.2, 0.25) is 0 Å². The molecule has 0 fully saturated rings. The van der Waals surface area contributed by atoms with Gasteiger partial charge in [-0.2, -0.15) is 0 Å². The number of unbranched alkanes of at least 4 members (excludes halogenated alkanes) is 1. The van der Waals surface area contributed by atoms with Gasteiger partial charge < -0.3 is 10.4 Å². The van der Waals surface area contributed by atoms with Crippen LogP contribution in [0.1, 0.15) is 37.8 Å². The Hall–Kier alpha value is -1.35. The number of nitrogens with one attached hydrogen (secondary N) is 1. The van der Waals surface area contributed by atoms with Gasteiger partial charge in [-0.15, -0.1) is 0 Å². The minimum Gasteiger partial charge on any atom is -0.480 e. The number of hydrogen-bond acceptors (Lipinski definition) is 2. The van der Waals surface area contributed by atoms with Gasteiger partial charge in [0, 0.05) is 6.04 Å². The summed E-state index contributed by atoms with van der Waals surface area (Å²) in [5, 5.41) is 11.7. The minimum atomic E-state index is -0.808. The highest BCUT2D eigenvalue weighted by molar-refractivity contribution is 5.69. The zero-order valence-electron chi connectivity index (χ0n) is 9.65. The van der Waals surface area contributed by atoms with Crippen molar-refractivity contribution in [3.05, 3.63) is 35.9 Å². The van der Waals surface area contributed by atoms with Gasteiger partial charge in [0.05, 0.1) is 6.54 Å². The highest BCUT2D eigenvalue weighted by atomic mass is 16.4. The van der Waals surface area contributed by atoms with Crippen LogP contribution in [0, 0.1) is 0 Å². The van der Waals surface area contributed by atoms with E-state index in [-0.39, 0.29) is 12.6 Å². The first-order valence-electron chi connectivity index (χ1n) is 5.74. The maximum absolute atomic E-state index is 10.5. The summed E-state index contributed by atoms with van der Waals surface area (Å²) >= 11 is 0. The van der Waals surface area contributed by atoms with E-state index in [1.807, 2.05) is 30.3 Å². The molecule has 1 unspecified atom stereocenters. The Labute approximate surface area is 96.5 Å². The average Bonchev–Trinajstić information content (AvgIpc) is 2.30. The van der Waals surface area contributed by atoms with E-state index in [9.17, 15) is 4.79 Å². The second-order valence-corrected chi connectivity index (χ2v) is 3.88. The molecule has 0 spiro atoms. The van der Waals surface area contributed by atoms with E-state index in [0.29, 0.717) is 0 Å². The van der Waals surface area contributed by atoms with Crippen molar-refractivity contribution >= 4 is 5.97 Å². The normalized spacial score (nSPS) is 12.3. The van der Waals surface area contributed by atoms with E-state index in [1.165, 1.54) is 0 Å². The Morgan fingerprint density at radius 1 is 1.38 bits per heavy atom. The molecule has 1 rings (SSSR count). The summed E-state index contributed by atoms with van der Waals surface area (Å²) in [6, 6.07) is 10.2. The third-order valence-electron chi connectivity index (χ3n) is 2.55. The third kappa shape index (κ3) is 4.45. The van der Waals surface area contributed by atoms with Crippen molar-refractivity contribution in [2.45, 2.75) is 32.2 Å². The molecule has 1 atom stereocenters. The van der Waals surface area contributed by atoms with Gasteiger partial charge >= 0.3 is 5.97 Å². The molecule has 3 heteroatoms. The van der Waals surface area contributed by atoms with E-state index in [0.717, 1.165) is 24.8 Å². The zero-order valence-corrected chi connectivity index (χ0v) is 9.65. The van der Waals surface area contributed by atoms with E-state index >= 15 is 0 Å². The number of carbonyl (C=O) groups is 1. The molecule has 0 saturated heterocycles. The van der Waals surface area contributed by atoms with E-state index < -0.39 is 5.97 Å². The summed E-state index contributed by atoms with van der Waals surface area (Å²) in [7, 11) is 0. The lowest BCUT2D eigenvalue weighted by atomic mass is 10.0. The number of carboxylic acids is 1. The van der Waals surface area contributed by atoms with Crippen LogP contribution in [-0.4, -0.2) is 17.6 Å². The van der Waals surface area contributed by atoms with Gasteiger partial charge in [-0.3, -0.25) is 4.79 Å². The first-order valence-corrected chi connectivity index (χ1v) is 5.74. The molecule has 2 N–H and O–H groups in total. The van der Waals surface area contributed by atoms with Gasteiger partial charge in [0.1, 0.15) is 0 Å². The molecular formula is C13H19NO2. The first kappa shape index (κ1) is 12.7. The van der Waals surface area contributed by atoms with Gasteiger partial charge in [-0.05, 0) is 12.0 Å². The number of benzene rings is 1. The molecule has 0 amide bonds. The molecule has 0 aliphatic rings. The van der Waals surface area contributed by atoms with Gasteiger partial charge in [-0.1, -0.05) is 50.1 Å². The summed E-state index contributed by atoms with van der Waals surface area (Å²) in [6.07, 6.45) is 3.21. The molecule has 0 saturated carbocycles. The molecule has 16 heavy (non-hydrogen) atoms. The maximum atomic E-state index is 10.5. The summed E-state index contributed by atoms with van der Waals surface area (Å²) < 4.78 is 0. The summed E-state index contributed by atoms with van der Waals surface area (Å²) in [5.41, 5.74) is 1.16. The number of aliphatic carboxylic acids is 1. The standard InChI is InChI=1S/C13H19NO2/c1-2-3-9-12(14-10-13(15)16)11-7-5-4-6-8-11/h4-8,12,14H,2-3,9-10H2,1H3,(H,15,16). The largest absolute Gasteiger partial charge is 0.480 e. The Bertz CT molecular complexity index is 311. The summed E-state index contributed by atoms with van der Waals surface area (Å²) in [4.78, 5) is 10.5. The lowest BCUT2D eigenvalue weighted by molar-refractivity contribution is -0.136. The molecule has 0 aliphatic carbocycles. The zero-order chi connectivity index (χ0) is 11.8. The van der Waals surface area contributed by atoms with Crippen molar-refractivity contribution in [2.75, 3.05) is 6.54 Å². The lowest BCUT2D eigenvalue weighted by Gasteiger charge is -2.17. The Morgan fingerprint density at radius 2 is 2.06 bits per heavy atom. The van der Waals surface area contributed by atoms with Gasteiger partial charge in [-0.25, -0.2) is 0 Å². The van der Waals surface area contributed by atoms with Gasteiger partial charge in [0.2, 0.25) is 0 Å². The van der Waals surface area contributed by atoms with Gasteiger partial charge in [0.15, 0.2) is 0 Å². The SMILES string of the molecule is CCCCC(NCC(=O)O)c1ccccc1. The van der Waals surface area contributed by atoms with Crippen LogP contribution >= 0.6 is 0 Å². The Balaban J connectivity index is 2.59. The van der Waals surface area contributed by atoms with Crippen molar-refractivity contribution < 1.29 is 9.90 Å². The van der Waals surface area contributed by atoms with Crippen LogP contribution in [0.15, 0.2) is 30.3 Å². The third-order valence-corrected chi connectivity index (χ3v) is 2.55. The predicted molar refractivity (Wildman–Crippen MR) is 64.3 cm³/mol. The molecule has 1 aromatic rings. The molecule has 0 aromatic heterocycles. The molecular weight excluding hydrogens is 202 g/mol. The van der Waals surface area contributed by atoms with Crippen LogP contribution in [0.25, 0.3) is 0 Å². The topological polar surface area (TPSA) is 49.3 Å². The molecule has 88 valence electrons. The fourth-order valence-corrected chi connectivity index (χ4v) is 1.69. The Morgan fingerprint density at radius 3 is 2.62 bits per heavy atom. The van der Waals surface area contributed by atoms with Crippen LogP contribution in [0.4, 0.5) is 0 Å². The first-order chi connectivity index (χ1) is 7.74. The highest BCUT2D eigenvalue weighted by Crippen LogP contribution is 2.18. The quantitative estimate of drug-likeness (QED) is 0.744. The number of hydrogen-bond donors (Lipinski definition) is 2. The molecule has 0 aliphatic heterocycles. The second kappa shape index (κ2) is 7.01. The average molecular weight is 221 g/mol. The number of carboxylic acid groups (broad SMARTS) is 1. The number of rotatable bonds is 7. The molecule has 0 bridgehead atoms. The van der Waals surface area contributed by atoms with Crippen LogP contribution in [-0.2, 0) is 4.79 Å². The molecule has 3 nitrogen and oxygen atoms in total. The van der Waals surface area contributed by atoms with Crippen LogP contribution < -0.4 is 5.32 Å². The fraction of sp³-hybridized carbons (Fsp3) is 0.462. The van der Waals surface area contributed by atoms with Crippen molar-refractivity contribution in [2.24, 2.45) is 0 Å². The summed E-state index contributed by atoms with van der Waals surface area (Å²) in [6.45, 7) is 2.16. The summed E-state index contributed by atoms with van der Waals surface area (Å²) in [5.74, 6) is -0.808. The Kier molecular flexibility index (Phi) is 5.57. The molecule has 1 aromatic carbocycles.